The first-order chi connectivity index (χ1) is 9.11. The summed E-state index contributed by atoms with van der Waals surface area (Å²) in [5, 5.41) is 18.2. The van der Waals surface area contributed by atoms with E-state index in [4.69, 9.17) is 22.4 Å². The number of amides is 1. The largest absolute Gasteiger partial charge is 0.395 e. The summed E-state index contributed by atoms with van der Waals surface area (Å²) in [7, 11) is 0. The van der Waals surface area contributed by atoms with E-state index in [1.165, 1.54) is 0 Å². The van der Waals surface area contributed by atoms with Crippen LogP contribution in [0.2, 0.25) is 5.02 Å². The van der Waals surface area contributed by atoms with Crippen LogP contribution in [0.3, 0.4) is 0 Å². The van der Waals surface area contributed by atoms with Gasteiger partial charge in [0.1, 0.15) is 10.7 Å². The number of nitrogen functional groups attached to an aromatic ring is 1. The van der Waals surface area contributed by atoms with Crippen molar-refractivity contribution in [2.45, 2.75) is 18.9 Å². The molecule has 1 aliphatic rings. The van der Waals surface area contributed by atoms with Gasteiger partial charge in [-0.2, -0.15) is 5.10 Å². The van der Waals surface area contributed by atoms with Crippen molar-refractivity contribution in [3.63, 3.8) is 0 Å². The molecule has 1 fully saturated rings. The van der Waals surface area contributed by atoms with Gasteiger partial charge in [-0.15, -0.1) is 0 Å². The summed E-state index contributed by atoms with van der Waals surface area (Å²) >= 11 is 5.87. The van der Waals surface area contributed by atoms with E-state index in [1.54, 1.807) is 0 Å². The summed E-state index contributed by atoms with van der Waals surface area (Å²) in [6, 6.07) is 0.114. The van der Waals surface area contributed by atoms with Crippen LogP contribution in [0.1, 0.15) is 23.3 Å². The first-order valence-corrected chi connectivity index (χ1v) is 6.63. The summed E-state index contributed by atoms with van der Waals surface area (Å²) in [4.78, 5) is 14.1. The normalized spacial score (nSPS) is 17.6. The third-order valence-electron chi connectivity index (χ3n) is 3.30. The highest BCUT2D eigenvalue weighted by atomic mass is 35.5. The number of halogens is 1. The van der Waals surface area contributed by atoms with Crippen LogP contribution in [-0.4, -0.2) is 58.4 Å². The van der Waals surface area contributed by atoms with Gasteiger partial charge in [-0.3, -0.25) is 9.89 Å². The Balaban J connectivity index is 1.86. The molecule has 0 atom stereocenters. The summed E-state index contributed by atoms with van der Waals surface area (Å²) in [5.41, 5.74) is 5.68. The molecule has 1 saturated heterocycles. The zero-order valence-electron chi connectivity index (χ0n) is 10.5. The Hall–Kier alpha value is -1.31. The molecule has 0 spiro atoms. The minimum atomic E-state index is -0.283. The Morgan fingerprint density at radius 3 is 2.79 bits per heavy atom. The van der Waals surface area contributed by atoms with E-state index < -0.39 is 0 Å². The van der Waals surface area contributed by atoms with Crippen molar-refractivity contribution in [2.24, 2.45) is 0 Å². The monoisotopic (exact) mass is 287 g/mol. The van der Waals surface area contributed by atoms with Crippen molar-refractivity contribution >= 4 is 23.3 Å². The van der Waals surface area contributed by atoms with E-state index in [0.29, 0.717) is 6.54 Å². The van der Waals surface area contributed by atoms with E-state index in [2.05, 4.69) is 20.4 Å². The molecule has 1 amide bonds. The van der Waals surface area contributed by atoms with Gasteiger partial charge in [-0.05, 0) is 12.8 Å². The summed E-state index contributed by atoms with van der Waals surface area (Å²) in [5.74, 6) is -0.153. The second-order valence-electron chi connectivity index (χ2n) is 4.61. The molecule has 1 aromatic heterocycles. The molecule has 1 aliphatic heterocycles. The fourth-order valence-electron chi connectivity index (χ4n) is 2.19. The fraction of sp³-hybridized carbons (Fsp3) is 0.636. The van der Waals surface area contributed by atoms with Crippen LogP contribution in [0.4, 0.5) is 5.82 Å². The maximum atomic E-state index is 12.0. The van der Waals surface area contributed by atoms with E-state index in [9.17, 15) is 4.79 Å². The number of anilines is 1. The smallest absolute Gasteiger partial charge is 0.271 e. The highest BCUT2D eigenvalue weighted by molar-refractivity contribution is 6.35. The van der Waals surface area contributed by atoms with Crippen LogP contribution in [0.25, 0.3) is 0 Å². The zero-order chi connectivity index (χ0) is 13.8. The van der Waals surface area contributed by atoms with Gasteiger partial charge < -0.3 is 21.1 Å². The van der Waals surface area contributed by atoms with Gasteiger partial charge in [-0.1, -0.05) is 11.6 Å². The number of aliphatic hydroxyl groups excluding tert-OH is 1. The Kier molecular flexibility index (Phi) is 4.62. The molecule has 0 saturated carbocycles. The zero-order valence-corrected chi connectivity index (χ0v) is 11.3. The number of likely N-dealkylation sites (tertiary alicyclic amines) is 1. The molecule has 2 heterocycles. The summed E-state index contributed by atoms with van der Waals surface area (Å²) < 4.78 is 0. The maximum Gasteiger partial charge on any atom is 0.271 e. The predicted molar refractivity (Wildman–Crippen MR) is 72.0 cm³/mol. The Morgan fingerprint density at radius 2 is 2.26 bits per heavy atom. The number of hydrogen-bond donors (Lipinski definition) is 4. The van der Waals surface area contributed by atoms with Gasteiger partial charge in [0.05, 0.1) is 6.61 Å². The van der Waals surface area contributed by atoms with Crippen LogP contribution in [-0.2, 0) is 0 Å². The third-order valence-corrected chi connectivity index (χ3v) is 3.68. The van der Waals surface area contributed by atoms with Crippen molar-refractivity contribution in [3.8, 4) is 0 Å². The Morgan fingerprint density at radius 1 is 1.58 bits per heavy atom. The van der Waals surface area contributed by atoms with Gasteiger partial charge in [0.25, 0.3) is 5.91 Å². The number of β-amino-alcohol motifs (C(OH)–C–C–N with tert-alkyl or cyclic N) is 1. The van der Waals surface area contributed by atoms with Crippen molar-refractivity contribution < 1.29 is 9.90 Å². The Labute approximate surface area is 116 Å². The second kappa shape index (κ2) is 6.23. The predicted octanol–water partition coefficient (Wildman–Crippen LogP) is -0.168. The molecule has 19 heavy (non-hydrogen) atoms. The molecule has 0 bridgehead atoms. The van der Waals surface area contributed by atoms with Crippen molar-refractivity contribution in [3.05, 3.63) is 10.7 Å². The number of nitrogens with two attached hydrogens (primary N) is 1. The molecule has 0 radical (unpaired) electrons. The van der Waals surface area contributed by atoms with Crippen LogP contribution in [0.5, 0.6) is 0 Å². The number of carbonyl (C=O) groups excluding carboxylic acids is 1. The summed E-state index contributed by atoms with van der Waals surface area (Å²) in [6.45, 7) is 2.58. The highest BCUT2D eigenvalue weighted by Gasteiger charge is 2.23. The quantitative estimate of drug-likeness (QED) is 0.615. The number of nitrogens with zero attached hydrogens (tertiary/aromatic N) is 2. The van der Waals surface area contributed by atoms with Crippen molar-refractivity contribution in [1.82, 2.24) is 20.4 Å². The molecule has 0 unspecified atom stereocenters. The van der Waals surface area contributed by atoms with Gasteiger partial charge >= 0.3 is 0 Å². The van der Waals surface area contributed by atoms with Gasteiger partial charge in [0.15, 0.2) is 5.82 Å². The molecule has 8 heteroatoms. The number of aliphatic hydroxyl groups is 1. The molecule has 106 valence electrons. The van der Waals surface area contributed by atoms with Gasteiger partial charge in [-0.25, -0.2) is 0 Å². The average molecular weight is 288 g/mol. The van der Waals surface area contributed by atoms with Crippen LogP contribution >= 0.6 is 11.6 Å². The summed E-state index contributed by atoms with van der Waals surface area (Å²) in [6.07, 6.45) is 1.71. The standard InChI is InChI=1S/C11H18ClN5O2/c12-8-9(15-16-10(8)13)11(19)14-7-1-3-17(4-2-7)5-6-18/h7,18H,1-6H2,(H,14,19)(H3,13,15,16). The van der Waals surface area contributed by atoms with Gasteiger partial charge in [0.2, 0.25) is 0 Å². The number of aromatic nitrogens is 2. The van der Waals surface area contributed by atoms with Gasteiger partial charge in [0, 0.05) is 25.7 Å². The number of carbonyl (C=O) groups is 1. The van der Waals surface area contributed by atoms with Crippen LogP contribution in [0, 0.1) is 0 Å². The topological polar surface area (TPSA) is 107 Å². The molecule has 5 N–H and O–H groups in total. The lowest BCUT2D eigenvalue weighted by Gasteiger charge is -2.31. The molecular weight excluding hydrogens is 270 g/mol. The maximum absolute atomic E-state index is 12.0. The Bertz CT molecular complexity index is 442. The minimum absolute atomic E-state index is 0.114. The number of aromatic amines is 1. The average Bonchev–Trinajstić information content (AvgIpc) is 2.73. The SMILES string of the molecule is Nc1n[nH]c(C(=O)NC2CCN(CCO)CC2)c1Cl. The van der Waals surface area contributed by atoms with Crippen molar-refractivity contribution in [2.75, 3.05) is 32.0 Å². The number of nitrogens with one attached hydrogen (secondary N) is 2. The minimum Gasteiger partial charge on any atom is -0.395 e. The number of H-pyrrole nitrogens is 1. The number of rotatable bonds is 4. The lowest BCUT2D eigenvalue weighted by molar-refractivity contribution is 0.0898. The van der Waals surface area contributed by atoms with E-state index in [-0.39, 0.29) is 35.1 Å². The molecule has 0 aromatic carbocycles. The van der Waals surface area contributed by atoms with E-state index in [1.807, 2.05) is 0 Å². The number of piperidine rings is 1. The molecule has 7 nitrogen and oxygen atoms in total. The molecule has 2 rings (SSSR count). The van der Waals surface area contributed by atoms with Crippen LogP contribution in [0.15, 0.2) is 0 Å². The first kappa shape index (κ1) is 14.1. The lowest BCUT2D eigenvalue weighted by atomic mass is 10.0. The van der Waals surface area contributed by atoms with Crippen LogP contribution < -0.4 is 11.1 Å². The van der Waals surface area contributed by atoms with Crippen molar-refractivity contribution in [1.29, 1.82) is 0 Å². The molecule has 0 aliphatic carbocycles. The molecule has 1 aromatic rings. The first-order valence-electron chi connectivity index (χ1n) is 6.25. The molecular formula is C11H18ClN5O2. The lowest BCUT2D eigenvalue weighted by Crippen LogP contribution is -2.45. The third kappa shape index (κ3) is 3.37. The van der Waals surface area contributed by atoms with E-state index >= 15 is 0 Å². The number of hydrogen-bond acceptors (Lipinski definition) is 5. The fourth-order valence-corrected chi connectivity index (χ4v) is 2.36. The highest BCUT2D eigenvalue weighted by Crippen LogP contribution is 2.20. The van der Waals surface area contributed by atoms with E-state index in [0.717, 1.165) is 25.9 Å². The second-order valence-corrected chi connectivity index (χ2v) is 4.99.